The fraction of sp³-hybridized carbons (Fsp3) is 0. The van der Waals surface area contributed by atoms with Crippen molar-refractivity contribution in [3.8, 4) is 11.4 Å². The van der Waals surface area contributed by atoms with Gasteiger partial charge < -0.3 is 0 Å². The van der Waals surface area contributed by atoms with Crippen LogP contribution in [-0.2, 0) is 0 Å². The minimum Gasteiger partial charge on any atom is -0.298 e. The van der Waals surface area contributed by atoms with Crippen LogP contribution in [0.2, 0.25) is 5.02 Å². The second-order valence-corrected chi connectivity index (χ2v) is 5.40. The molecule has 0 aliphatic carbocycles. The first-order valence-electron chi connectivity index (χ1n) is 5.58. The standard InChI is InChI=1S/C14H8BrClN2O/c15-10-3-1-2-9(6-10)14-17-12(8-19)13-5-4-11(16)7-18(13)14/h1-8H. The van der Waals surface area contributed by atoms with Crippen LogP contribution in [0.3, 0.4) is 0 Å². The molecular weight excluding hydrogens is 328 g/mol. The molecule has 0 saturated heterocycles. The first-order valence-corrected chi connectivity index (χ1v) is 6.75. The van der Waals surface area contributed by atoms with E-state index in [0.29, 0.717) is 16.5 Å². The van der Waals surface area contributed by atoms with Crippen molar-refractivity contribution in [2.75, 3.05) is 0 Å². The van der Waals surface area contributed by atoms with E-state index in [0.717, 1.165) is 21.8 Å². The molecule has 94 valence electrons. The van der Waals surface area contributed by atoms with Crippen molar-refractivity contribution in [3.63, 3.8) is 0 Å². The molecule has 0 radical (unpaired) electrons. The Labute approximate surface area is 123 Å². The molecule has 0 saturated carbocycles. The Balaban J connectivity index is 2.34. The van der Waals surface area contributed by atoms with Crippen LogP contribution in [0, 0.1) is 0 Å². The Morgan fingerprint density at radius 1 is 1.26 bits per heavy atom. The molecule has 3 aromatic rings. The number of fused-ring (bicyclic) bond motifs is 1. The first kappa shape index (κ1) is 12.4. The summed E-state index contributed by atoms with van der Waals surface area (Å²) in [6, 6.07) is 11.3. The van der Waals surface area contributed by atoms with Gasteiger partial charge in [-0.2, -0.15) is 0 Å². The van der Waals surface area contributed by atoms with Crippen LogP contribution < -0.4 is 0 Å². The molecule has 1 aromatic carbocycles. The van der Waals surface area contributed by atoms with Gasteiger partial charge in [-0.05, 0) is 24.3 Å². The fourth-order valence-electron chi connectivity index (χ4n) is 2.00. The van der Waals surface area contributed by atoms with Crippen molar-refractivity contribution in [2.45, 2.75) is 0 Å². The van der Waals surface area contributed by atoms with E-state index < -0.39 is 0 Å². The molecule has 5 heteroatoms. The van der Waals surface area contributed by atoms with Gasteiger partial charge in [0.1, 0.15) is 11.5 Å². The van der Waals surface area contributed by atoms with Gasteiger partial charge in [0.2, 0.25) is 0 Å². The van der Waals surface area contributed by atoms with Crippen LogP contribution in [0.25, 0.3) is 16.9 Å². The summed E-state index contributed by atoms with van der Waals surface area (Å²) in [6.07, 6.45) is 2.51. The summed E-state index contributed by atoms with van der Waals surface area (Å²) in [5.41, 5.74) is 2.07. The number of carbonyl (C=O) groups excluding carboxylic acids is 1. The topological polar surface area (TPSA) is 34.4 Å². The predicted molar refractivity (Wildman–Crippen MR) is 78.7 cm³/mol. The third-order valence-electron chi connectivity index (χ3n) is 2.82. The molecule has 0 fully saturated rings. The number of rotatable bonds is 2. The molecule has 0 bridgehead atoms. The van der Waals surface area contributed by atoms with Crippen LogP contribution >= 0.6 is 27.5 Å². The van der Waals surface area contributed by atoms with E-state index in [1.54, 1.807) is 18.3 Å². The number of nitrogens with zero attached hydrogens (tertiary/aromatic N) is 2. The van der Waals surface area contributed by atoms with E-state index in [-0.39, 0.29) is 0 Å². The maximum atomic E-state index is 11.1. The lowest BCUT2D eigenvalue weighted by Gasteiger charge is -2.02. The van der Waals surface area contributed by atoms with Gasteiger partial charge in [-0.25, -0.2) is 4.98 Å². The van der Waals surface area contributed by atoms with Gasteiger partial charge >= 0.3 is 0 Å². The van der Waals surface area contributed by atoms with Gasteiger partial charge in [-0.15, -0.1) is 0 Å². The molecule has 0 aliphatic heterocycles. The van der Waals surface area contributed by atoms with Crippen molar-refractivity contribution in [3.05, 3.63) is 57.8 Å². The molecule has 0 spiro atoms. The largest absolute Gasteiger partial charge is 0.298 e. The van der Waals surface area contributed by atoms with Crippen molar-refractivity contribution in [1.29, 1.82) is 0 Å². The molecule has 0 amide bonds. The molecule has 19 heavy (non-hydrogen) atoms. The summed E-state index contributed by atoms with van der Waals surface area (Å²) < 4.78 is 2.78. The normalized spacial score (nSPS) is 10.8. The third kappa shape index (κ3) is 2.17. The van der Waals surface area contributed by atoms with Crippen molar-refractivity contribution in [1.82, 2.24) is 9.38 Å². The zero-order chi connectivity index (χ0) is 13.4. The van der Waals surface area contributed by atoms with E-state index in [1.807, 2.05) is 28.7 Å². The number of imidazole rings is 1. The highest BCUT2D eigenvalue weighted by molar-refractivity contribution is 9.10. The van der Waals surface area contributed by atoms with Gasteiger partial charge in [0.25, 0.3) is 0 Å². The molecule has 0 atom stereocenters. The Hall–Kier alpha value is -1.65. The quantitative estimate of drug-likeness (QED) is 0.657. The van der Waals surface area contributed by atoms with E-state index in [2.05, 4.69) is 20.9 Å². The summed E-state index contributed by atoms with van der Waals surface area (Å²) >= 11 is 9.44. The molecule has 0 aliphatic rings. The smallest absolute Gasteiger partial charge is 0.170 e. The van der Waals surface area contributed by atoms with E-state index in [1.165, 1.54) is 0 Å². The van der Waals surface area contributed by atoms with Crippen LogP contribution in [-0.4, -0.2) is 15.7 Å². The number of halogens is 2. The van der Waals surface area contributed by atoms with Crippen LogP contribution in [0.1, 0.15) is 10.5 Å². The summed E-state index contributed by atoms with van der Waals surface area (Å²) in [5.74, 6) is 0.695. The summed E-state index contributed by atoms with van der Waals surface area (Å²) in [4.78, 5) is 15.5. The molecule has 0 N–H and O–H groups in total. The van der Waals surface area contributed by atoms with Crippen molar-refractivity contribution >= 4 is 39.3 Å². The minimum absolute atomic E-state index is 0.409. The van der Waals surface area contributed by atoms with Crippen LogP contribution in [0.4, 0.5) is 0 Å². The number of hydrogen-bond donors (Lipinski definition) is 0. The van der Waals surface area contributed by atoms with Gasteiger partial charge in [-0.3, -0.25) is 9.20 Å². The highest BCUT2D eigenvalue weighted by Gasteiger charge is 2.12. The highest BCUT2D eigenvalue weighted by Crippen LogP contribution is 2.26. The third-order valence-corrected chi connectivity index (χ3v) is 3.54. The first-order chi connectivity index (χ1) is 9.19. The van der Waals surface area contributed by atoms with E-state index in [9.17, 15) is 4.79 Å². The number of carbonyl (C=O) groups is 1. The SMILES string of the molecule is O=Cc1nc(-c2cccc(Br)c2)n2cc(Cl)ccc12. The Kier molecular flexibility index (Phi) is 3.12. The molecular formula is C14H8BrClN2O. The maximum Gasteiger partial charge on any atom is 0.170 e. The van der Waals surface area contributed by atoms with Crippen molar-refractivity contribution in [2.24, 2.45) is 0 Å². The second-order valence-electron chi connectivity index (χ2n) is 4.05. The number of aromatic nitrogens is 2. The molecule has 0 unspecified atom stereocenters. The summed E-state index contributed by atoms with van der Waals surface area (Å²) in [7, 11) is 0. The molecule has 3 rings (SSSR count). The number of benzene rings is 1. The Bertz CT molecular complexity index is 782. The summed E-state index contributed by atoms with van der Waals surface area (Å²) in [6.45, 7) is 0. The maximum absolute atomic E-state index is 11.1. The fourth-order valence-corrected chi connectivity index (χ4v) is 2.56. The van der Waals surface area contributed by atoms with Gasteiger partial charge in [0.15, 0.2) is 6.29 Å². The average molecular weight is 336 g/mol. The lowest BCUT2D eigenvalue weighted by molar-refractivity contribution is 0.112. The zero-order valence-corrected chi connectivity index (χ0v) is 12.0. The lowest BCUT2D eigenvalue weighted by atomic mass is 10.2. The van der Waals surface area contributed by atoms with Crippen LogP contribution in [0.15, 0.2) is 47.1 Å². The average Bonchev–Trinajstić information content (AvgIpc) is 2.76. The minimum atomic E-state index is 0.409. The van der Waals surface area contributed by atoms with Gasteiger partial charge in [0.05, 0.1) is 10.5 Å². The second kappa shape index (κ2) is 4.79. The number of hydrogen-bond acceptors (Lipinski definition) is 2. The monoisotopic (exact) mass is 334 g/mol. The summed E-state index contributed by atoms with van der Waals surface area (Å²) in [5, 5.41) is 0.596. The zero-order valence-electron chi connectivity index (χ0n) is 9.68. The highest BCUT2D eigenvalue weighted by atomic mass is 79.9. The molecule has 2 aromatic heterocycles. The van der Waals surface area contributed by atoms with E-state index in [4.69, 9.17) is 11.6 Å². The predicted octanol–water partition coefficient (Wildman–Crippen LogP) is 4.23. The Morgan fingerprint density at radius 3 is 2.84 bits per heavy atom. The van der Waals surface area contributed by atoms with Crippen molar-refractivity contribution < 1.29 is 4.79 Å². The lowest BCUT2D eigenvalue weighted by Crippen LogP contribution is -1.89. The molecule has 3 nitrogen and oxygen atoms in total. The Morgan fingerprint density at radius 2 is 2.11 bits per heavy atom. The molecule has 2 heterocycles. The van der Waals surface area contributed by atoms with Crippen LogP contribution in [0.5, 0.6) is 0 Å². The number of pyridine rings is 1. The number of aldehydes is 1. The van der Waals surface area contributed by atoms with Gasteiger partial charge in [0, 0.05) is 16.2 Å². The van der Waals surface area contributed by atoms with E-state index >= 15 is 0 Å². The van der Waals surface area contributed by atoms with Gasteiger partial charge in [-0.1, -0.05) is 39.7 Å².